The lowest BCUT2D eigenvalue weighted by molar-refractivity contribution is 0.0996. The number of hydrogen-bond donors (Lipinski definition) is 1. The van der Waals surface area contributed by atoms with Crippen molar-refractivity contribution in [3.8, 4) is 22.7 Å². The number of carbonyl (C=O) groups is 1. The lowest BCUT2D eigenvalue weighted by Crippen LogP contribution is -2.10. The van der Waals surface area contributed by atoms with Crippen LogP contribution in [0.15, 0.2) is 99.8 Å². The maximum atomic E-state index is 12.8. The molecule has 0 bridgehead atoms. The van der Waals surface area contributed by atoms with Crippen molar-refractivity contribution in [2.75, 3.05) is 5.32 Å². The van der Waals surface area contributed by atoms with Gasteiger partial charge in [-0.1, -0.05) is 66.7 Å². The van der Waals surface area contributed by atoms with Crippen LogP contribution in [0.3, 0.4) is 0 Å². The van der Waals surface area contributed by atoms with Gasteiger partial charge in [0.05, 0.1) is 0 Å². The number of hydrogen-bond acceptors (Lipinski definition) is 4. The number of rotatable bonds is 4. The van der Waals surface area contributed by atoms with Gasteiger partial charge in [0.25, 0.3) is 5.91 Å². The number of furan rings is 1. The van der Waals surface area contributed by atoms with E-state index in [-0.39, 0.29) is 11.6 Å². The van der Waals surface area contributed by atoms with Gasteiger partial charge in [0.2, 0.25) is 11.8 Å². The van der Waals surface area contributed by atoms with E-state index in [0.717, 1.165) is 16.5 Å². The van der Waals surface area contributed by atoms with E-state index in [0.29, 0.717) is 17.2 Å². The third kappa shape index (κ3) is 3.30. The average Bonchev–Trinajstić information content (AvgIpc) is 3.39. The van der Waals surface area contributed by atoms with E-state index in [9.17, 15) is 4.79 Å². The van der Waals surface area contributed by atoms with Crippen molar-refractivity contribution in [1.82, 2.24) is 4.98 Å². The Kier molecular flexibility index (Phi) is 4.18. The van der Waals surface area contributed by atoms with Gasteiger partial charge < -0.3 is 8.83 Å². The van der Waals surface area contributed by atoms with E-state index in [4.69, 9.17) is 8.83 Å². The van der Waals surface area contributed by atoms with E-state index < -0.39 is 5.91 Å². The van der Waals surface area contributed by atoms with Crippen LogP contribution in [-0.4, -0.2) is 10.9 Å². The minimum atomic E-state index is -0.394. The summed E-state index contributed by atoms with van der Waals surface area (Å²) in [5, 5.41) is 3.68. The molecule has 5 nitrogen and oxygen atoms in total. The van der Waals surface area contributed by atoms with Crippen molar-refractivity contribution >= 4 is 22.8 Å². The molecule has 5 aromatic rings. The number of amides is 1. The molecule has 1 N–H and O–H groups in total. The Labute approximate surface area is 166 Å². The standard InChI is InChI=1S/C24H16N2O3/c27-22(20-15-18-13-7-8-14-19(18)28-20)26-24-21(16-9-3-1-4-10-16)25-23(29-24)17-11-5-2-6-12-17/h1-15H,(H,26,27). The van der Waals surface area contributed by atoms with Gasteiger partial charge >= 0.3 is 0 Å². The van der Waals surface area contributed by atoms with Crippen molar-refractivity contribution in [2.45, 2.75) is 0 Å². The van der Waals surface area contributed by atoms with Crippen LogP contribution in [0.25, 0.3) is 33.7 Å². The van der Waals surface area contributed by atoms with Crippen LogP contribution in [-0.2, 0) is 0 Å². The topological polar surface area (TPSA) is 68.3 Å². The van der Waals surface area contributed by atoms with Crippen LogP contribution >= 0.6 is 0 Å². The number of nitrogens with zero attached hydrogens (tertiary/aromatic N) is 1. The number of anilines is 1. The summed E-state index contributed by atoms with van der Waals surface area (Å²) in [6.07, 6.45) is 0. The molecule has 0 aliphatic carbocycles. The second kappa shape index (κ2) is 7.13. The summed E-state index contributed by atoms with van der Waals surface area (Å²) in [7, 11) is 0. The van der Waals surface area contributed by atoms with Crippen molar-refractivity contribution in [2.24, 2.45) is 0 Å². The van der Waals surface area contributed by atoms with Gasteiger partial charge in [-0.2, -0.15) is 0 Å². The van der Waals surface area contributed by atoms with Crippen LogP contribution in [0.1, 0.15) is 10.6 Å². The first-order valence-corrected chi connectivity index (χ1v) is 9.19. The summed E-state index contributed by atoms with van der Waals surface area (Å²) in [5.41, 5.74) is 2.89. The molecule has 29 heavy (non-hydrogen) atoms. The number of aromatic nitrogens is 1. The molecule has 2 heterocycles. The second-order valence-electron chi connectivity index (χ2n) is 6.53. The van der Waals surface area contributed by atoms with Crippen LogP contribution < -0.4 is 5.32 Å². The van der Waals surface area contributed by atoms with E-state index in [2.05, 4.69) is 10.3 Å². The summed E-state index contributed by atoms with van der Waals surface area (Å²) >= 11 is 0. The quantitative estimate of drug-likeness (QED) is 0.415. The van der Waals surface area contributed by atoms with Gasteiger partial charge in [-0.25, -0.2) is 4.98 Å². The number of nitrogens with one attached hydrogen (secondary N) is 1. The molecule has 3 aromatic carbocycles. The summed E-state index contributed by atoms with van der Waals surface area (Å²) < 4.78 is 11.6. The Bertz CT molecular complexity index is 1250. The molecule has 2 aromatic heterocycles. The first kappa shape index (κ1) is 17.0. The van der Waals surface area contributed by atoms with Gasteiger partial charge in [-0.05, 0) is 24.3 Å². The summed E-state index contributed by atoms with van der Waals surface area (Å²) in [6, 6.07) is 28.3. The predicted octanol–water partition coefficient (Wildman–Crippen LogP) is 6.01. The van der Waals surface area contributed by atoms with Crippen molar-refractivity contribution in [3.05, 3.63) is 96.8 Å². The number of oxazole rings is 1. The lowest BCUT2D eigenvalue weighted by Gasteiger charge is -2.02. The largest absolute Gasteiger partial charge is 0.451 e. The van der Waals surface area contributed by atoms with Crippen LogP contribution in [0, 0.1) is 0 Å². The first-order valence-electron chi connectivity index (χ1n) is 9.19. The Morgan fingerprint density at radius 3 is 2.14 bits per heavy atom. The van der Waals surface area contributed by atoms with Crippen LogP contribution in [0.5, 0.6) is 0 Å². The molecule has 0 radical (unpaired) electrons. The molecule has 5 heteroatoms. The average molecular weight is 380 g/mol. The normalized spacial score (nSPS) is 10.9. The van der Waals surface area contributed by atoms with Gasteiger partial charge in [0.15, 0.2) is 5.76 Å². The number of para-hydroxylation sites is 1. The number of benzene rings is 3. The van der Waals surface area contributed by atoms with Gasteiger partial charge in [-0.15, -0.1) is 0 Å². The van der Waals surface area contributed by atoms with Gasteiger partial charge in [0, 0.05) is 16.5 Å². The maximum Gasteiger partial charge on any atom is 0.293 e. The highest BCUT2D eigenvalue weighted by molar-refractivity contribution is 6.05. The Morgan fingerprint density at radius 1 is 0.759 bits per heavy atom. The molecular weight excluding hydrogens is 364 g/mol. The second-order valence-corrected chi connectivity index (χ2v) is 6.53. The number of carbonyl (C=O) groups excluding carboxylic acids is 1. The summed E-state index contributed by atoms with van der Waals surface area (Å²) in [4.78, 5) is 17.4. The van der Waals surface area contributed by atoms with Crippen molar-refractivity contribution in [3.63, 3.8) is 0 Å². The molecular formula is C24H16N2O3. The monoisotopic (exact) mass is 380 g/mol. The Morgan fingerprint density at radius 2 is 1.41 bits per heavy atom. The van der Waals surface area contributed by atoms with Gasteiger partial charge in [0.1, 0.15) is 11.3 Å². The van der Waals surface area contributed by atoms with E-state index in [1.807, 2.05) is 84.9 Å². The molecule has 0 atom stereocenters. The molecule has 0 fully saturated rings. The molecule has 1 amide bonds. The van der Waals surface area contributed by atoms with Crippen LogP contribution in [0.4, 0.5) is 5.88 Å². The Hall–Kier alpha value is -4.12. The summed E-state index contributed by atoms with van der Waals surface area (Å²) in [6.45, 7) is 0. The Balaban J connectivity index is 1.54. The molecule has 0 spiro atoms. The lowest BCUT2D eigenvalue weighted by atomic mass is 10.1. The molecule has 0 saturated heterocycles. The van der Waals surface area contributed by atoms with E-state index >= 15 is 0 Å². The summed E-state index contributed by atoms with van der Waals surface area (Å²) in [5.74, 6) is 0.530. The predicted molar refractivity (Wildman–Crippen MR) is 112 cm³/mol. The minimum Gasteiger partial charge on any atom is -0.451 e. The zero-order valence-corrected chi connectivity index (χ0v) is 15.3. The molecule has 140 valence electrons. The highest BCUT2D eigenvalue weighted by atomic mass is 16.4. The fourth-order valence-electron chi connectivity index (χ4n) is 3.16. The molecule has 0 aliphatic rings. The molecule has 0 saturated carbocycles. The van der Waals surface area contributed by atoms with E-state index in [1.165, 1.54) is 0 Å². The molecule has 0 aliphatic heterocycles. The maximum absolute atomic E-state index is 12.8. The third-order valence-electron chi connectivity index (χ3n) is 4.57. The first-order chi connectivity index (χ1) is 14.3. The van der Waals surface area contributed by atoms with E-state index in [1.54, 1.807) is 6.07 Å². The zero-order valence-electron chi connectivity index (χ0n) is 15.3. The van der Waals surface area contributed by atoms with Gasteiger partial charge in [-0.3, -0.25) is 10.1 Å². The SMILES string of the molecule is O=C(Nc1oc(-c2ccccc2)nc1-c1ccccc1)c1cc2ccccc2o1. The molecule has 0 unspecified atom stereocenters. The minimum absolute atomic E-state index is 0.211. The fourth-order valence-corrected chi connectivity index (χ4v) is 3.16. The third-order valence-corrected chi connectivity index (χ3v) is 4.57. The fraction of sp³-hybridized carbons (Fsp3) is 0. The highest BCUT2D eigenvalue weighted by Gasteiger charge is 2.20. The zero-order chi connectivity index (χ0) is 19.6. The highest BCUT2D eigenvalue weighted by Crippen LogP contribution is 2.33. The smallest absolute Gasteiger partial charge is 0.293 e. The molecule has 5 rings (SSSR count). The number of fused-ring (bicyclic) bond motifs is 1. The van der Waals surface area contributed by atoms with Crippen molar-refractivity contribution < 1.29 is 13.6 Å². The van der Waals surface area contributed by atoms with Crippen LogP contribution in [0.2, 0.25) is 0 Å². The van der Waals surface area contributed by atoms with Crippen molar-refractivity contribution in [1.29, 1.82) is 0 Å².